The Morgan fingerprint density at radius 2 is 1.85 bits per heavy atom. The molecule has 3 nitrogen and oxygen atoms in total. The van der Waals surface area contributed by atoms with Crippen molar-refractivity contribution in [2.75, 3.05) is 6.54 Å². The third-order valence-electron chi connectivity index (χ3n) is 2.85. The van der Waals surface area contributed by atoms with Gasteiger partial charge in [-0.15, -0.1) is 0 Å². The fraction of sp³-hybridized carbons (Fsp3) is 0.900. The number of carbonyl (C=O) groups is 1. The van der Waals surface area contributed by atoms with Crippen LogP contribution in [0.2, 0.25) is 0 Å². The second kappa shape index (κ2) is 4.61. The summed E-state index contributed by atoms with van der Waals surface area (Å²) in [5, 5.41) is 3.13. The summed E-state index contributed by atoms with van der Waals surface area (Å²) >= 11 is 0. The molecule has 0 aliphatic carbocycles. The minimum Gasteiger partial charge on any atom is -0.368 e. The topological polar surface area (TPSA) is 55.1 Å². The minimum atomic E-state index is -0.292. The number of hydrogen-bond donors (Lipinski definition) is 2. The van der Waals surface area contributed by atoms with Crippen LogP contribution in [0.15, 0.2) is 0 Å². The average Bonchev–Trinajstić information content (AvgIpc) is 1.99. The van der Waals surface area contributed by atoms with Crippen LogP contribution in [0.4, 0.5) is 0 Å². The zero-order valence-electron chi connectivity index (χ0n) is 9.35. The Morgan fingerprint density at radius 3 is 2.15 bits per heavy atom. The number of hydrogen-bond acceptors (Lipinski definition) is 2. The molecule has 3 N–H and O–H groups in total. The predicted molar refractivity (Wildman–Crippen MR) is 55.3 cm³/mol. The van der Waals surface area contributed by atoms with Crippen LogP contribution >= 0.6 is 0 Å². The third-order valence-corrected chi connectivity index (χ3v) is 2.85. The maximum absolute atomic E-state index is 10.7. The summed E-state index contributed by atoms with van der Waals surface area (Å²) in [5.74, 6) is 0.291. The standard InChI is InChI=1S/C10H22N2O/c1-7(2)10(4,5)6-12-8(3)9(11)13/h7-8,12H,6H2,1-5H3,(H2,11,13). The van der Waals surface area contributed by atoms with Crippen molar-refractivity contribution in [2.45, 2.75) is 40.7 Å². The lowest BCUT2D eigenvalue weighted by molar-refractivity contribution is -0.119. The van der Waals surface area contributed by atoms with Crippen molar-refractivity contribution in [2.24, 2.45) is 17.1 Å². The van der Waals surface area contributed by atoms with Gasteiger partial charge < -0.3 is 11.1 Å². The lowest BCUT2D eigenvalue weighted by Gasteiger charge is -2.30. The van der Waals surface area contributed by atoms with E-state index in [4.69, 9.17) is 5.73 Å². The number of amides is 1. The van der Waals surface area contributed by atoms with E-state index in [0.29, 0.717) is 5.92 Å². The normalized spacial score (nSPS) is 14.6. The van der Waals surface area contributed by atoms with Crippen LogP contribution in [0, 0.1) is 11.3 Å². The Morgan fingerprint density at radius 1 is 1.38 bits per heavy atom. The lowest BCUT2D eigenvalue weighted by Crippen LogP contribution is -2.44. The van der Waals surface area contributed by atoms with Crippen molar-refractivity contribution in [1.29, 1.82) is 0 Å². The molecule has 0 aromatic carbocycles. The molecule has 0 aromatic rings. The molecule has 0 heterocycles. The highest BCUT2D eigenvalue weighted by Gasteiger charge is 2.23. The molecule has 1 amide bonds. The van der Waals surface area contributed by atoms with Gasteiger partial charge in [0.05, 0.1) is 6.04 Å². The summed E-state index contributed by atoms with van der Waals surface area (Å²) in [7, 11) is 0. The summed E-state index contributed by atoms with van der Waals surface area (Å²) in [5.41, 5.74) is 5.34. The lowest BCUT2D eigenvalue weighted by atomic mass is 9.81. The molecular formula is C10H22N2O. The molecule has 1 atom stereocenters. The molecule has 0 rings (SSSR count). The molecule has 0 fully saturated rings. The highest BCUT2D eigenvalue weighted by Crippen LogP contribution is 2.24. The van der Waals surface area contributed by atoms with Gasteiger partial charge in [-0.3, -0.25) is 4.79 Å². The quantitative estimate of drug-likeness (QED) is 0.676. The second-order valence-electron chi connectivity index (χ2n) is 4.65. The summed E-state index contributed by atoms with van der Waals surface area (Å²) in [6, 6.07) is -0.238. The number of nitrogens with one attached hydrogen (secondary N) is 1. The van der Waals surface area contributed by atoms with Crippen molar-refractivity contribution in [3.63, 3.8) is 0 Å². The van der Waals surface area contributed by atoms with Gasteiger partial charge in [-0.2, -0.15) is 0 Å². The first-order valence-corrected chi connectivity index (χ1v) is 4.80. The van der Waals surface area contributed by atoms with E-state index >= 15 is 0 Å². The number of rotatable bonds is 5. The van der Waals surface area contributed by atoms with Crippen molar-refractivity contribution >= 4 is 5.91 Å². The van der Waals surface area contributed by atoms with Crippen molar-refractivity contribution in [3.05, 3.63) is 0 Å². The van der Waals surface area contributed by atoms with Gasteiger partial charge in [0.2, 0.25) is 5.91 Å². The molecule has 1 unspecified atom stereocenters. The van der Waals surface area contributed by atoms with Gasteiger partial charge >= 0.3 is 0 Å². The van der Waals surface area contributed by atoms with E-state index in [1.54, 1.807) is 6.92 Å². The smallest absolute Gasteiger partial charge is 0.234 e. The Labute approximate surface area is 81.1 Å². The average molecular weight is 186 g/mol. The Bertz CT molecular complexity index is 176. The summed E-state index contributed by atoms with van der Waals surface area (Å²) < 4.78 is 0. The second-order valence-corrected chi connectivity index (χ2v) is 4.65. The molecule has 78 valence electrons. The molecule has 0 aliphatic rings. The zero-order chi connectivity index (χ0) is 10.6. The van der Waals surface area contributed by atoms with E-state index < -0.39 is 0 Å². The predicted octanol–water partition coefficient (Wildman–Crippen LogP) is 1.13. The third kappa shape index (κ3) is 4.27. The van der Waals surface area contributed by atoms with Crippen molar-refractivity contribution < 1.29 is 4.79 Å². The van der Waals surface area contributed by atoms with E-state index in [1.807, 2.05) is 0 Å². The maximum Gasteiger partial charge on any atom is 0.234 e. The highest BCUT2D eigenvalue weighted by molar-refractivity contribution is 5.79. The number of nitrogens with two attached hydrogens (primary N) is 1. The van der Waals surface area contributed by atoms with E-state index in [2.05, 4.69) is 33.0 Å². The van der Waals surface area contributed by atoms with E-state index in [0.717, 1.165) is 6.54 Å². The molecule has 0 aromatic heterocycles. The molecule has 0 radical (unpaired) electrons. The largest absolute Gasteiger partial charge is 0.368 e. The van der Waals surface area contributed by atoms with Crippen LogP contribution in [0.3, 0.4) is 0 Å². The summed E-state index contributed by atoms with van der Waals surface area (Å²) in [6.07, 6.45) is 0. The van der Waals surface area contributed by atoms with Gasteiger partial charge in [-0.05, 0) is 18.3 Å². The van der Waals surface area contributed by atoms with Gasteiger partial charge in [0.1, 0.15) is 0 Å². The summed E-state index contributed by atoms with van der Waals surface area (Å²) in [6.45, 7) is 11.3. The monoisotopic (exact) mass is 186 g/mol. The first-order valence-electron chi connectivity index (χ1n) is 4.80. The Kier molecular flexibility index (Phi) is 4.40. The molecule has 3 heteroatoms. The first-order chi connectivity index (χ1) is 5.77. The van der Waals surface area contributed by atoms with Gasteiger partial charge in [0.25, 0.3) is 0 Å². The van der Waals surface area contributed by atoms with Gasteiger partial charge in [0.15, 0.2) is 0 Å². The SMILES string of the molecule is CC(NCC(C)(C)C(C)C)C(N)=O. The van der Waals surface area contributed by atoms with Crippen LogP contribution in [-0.4, -0.2) is 18.5 Å². The van der Waals surface area contributed by atoms with E-state index in [-0.39, 0.29) is 17.4 Å². The molecular weight excluding hydrogens is 164 g/mol. The fourth-order valence-electron chi connectivity index (χ4n) is 0.721. The zero-order valence-corrected chi connectivity index (χ0v) is 9.35. The Balaban J connectivity index is 3.95. The molecule has 13 heavy (non-hydrogen) atoms. The fourth-order valence-corrected chi connectivity index (χ4v) is 0.721. The molecule has 0 spiro atoms. The molecule has 0 saturated carbocycles. The minimum absolute atomic E-state index is 0.198. The van der Waals surface area contributed by atoms with Gasteiger partial charge in [0, 0.05) is 6.54 Å². The number of carbonyl (C=O) groups excluding carboxylic acids is 1. The molecule has 0 aliphatic heterocycles. The summed E-state index contributed by atoms with van der Waals surface area (Å²) in [4.78, 5) is 10.7. The van der Waals surface area contributed by atoms with Crippen LogP contribution in [-0.2, 0) is 4.79 Å². The molecule has 0 saturated heterocycles. The van der Waals surface area contributed by atoms with Crippen molar-refractivity contribution in [3.8, 4) is 0 Å². The van der Waals surface area contributed by atoms with Crippen LogP contribution < -0.4 is 11.1 Å². The maximum atomic E-state index is 10.7. The van der Waals surface area contributed by atoms with Crippen LogP contribution in [0.5, 0.6) is 0 Å². The first kappa shape index (κ1) is 12.4. The Hall–Kier alpha value is -0.570. The van der Waals surface area contributed by atoms with Crippen molar-refractivity contribution in [1.82, 2.24) is 5.32 Å². The van der Waals surface area contributed by atoms with Gasteiger partial charge in [-0.25, -0.2) is 0 Å². The van der Waals surface area contributed by atoms with E-state index in [1.165, 1.54) is 0 Å². The van der Waals surface area contributed by atoms with E-state index in [9.17, 15) is 4.79 Å². The van der Waals surface area contributed by atoms with Crippen LogP contribution in [0.1, 0.15) is 34.6 Å². The molecule has 0 bridgehead atoms. The van der Waals surface area contributed by atoms with Crippen LogP contribution in [0.25, 0.3) is 0 Å². The number of primary amides is 1. The highest BCUT2D eigenvalue weighted by atomic mass is 16.1. The van der Waals surface area contributed by atoms with Gasteiger partial charge in [-0.1, -0.05) is 27.7 Å².